The fourth-order valence-electron chi connectivity index (χ4n) is 1.60. The van der Waals surface area contributed by atoms with Crippen molar-refractivity contribution in [2.75, 3.05) is 20.1 Å². The van der Waals surface area contributed by atoms with Crippen LogP contribution in [0.1, 0.15) is 19.3 Å². The highest BCUT2D eigenvalue weighted by Crippen LogP contribution is 2.14. The standard InChI is InChI=1S/C7H15ClN2O2S/c1-10-5-3-2-4-7(10)6-9-13(8,11)12/h7,9H,2-6H2,1H3. The first-order valence-corrected chi connectivity index (χ1v) is 6.69. The van der Waals surface area contributed by atoms with Crippen LogP contribution >= 0.6 is 10.7 Å². The minimum absolute atomic E-state index is 0.294. The molecule has 13 heavy (non-hydrogen) atoms. The zero-order valence-corrected chi connectivity index (χ0v) is 9.24. The predicted molar refractivity (Wildman–Crippen MR) is 53.0 cm³/mol. The van der Waals surface area contributed by atoms with Gasteiger partial charge in [0.15, 0.2) is 0 Å². The summed E-state index contributed by atoms with van der Waals surface area (Å²) >= 11 is 0. The van der Waals surface area contributed by atoms with Gasteiger partial charge in [0.05, 0.1) is 0 Å². The summed E-state index contributed by atoms with van der Waals surface area (Å²) in [5, 5.41) is 0. The van der Waals surface area contributed by atoms with Crippen molar-refractivity contribution in [1.29, 1.82) is 0 Å². The minimum Gasteiger partial charge on any atom is -0.302 e. The highest BCUT2D eigenvalue weighted by atomic mass is 35.7. The second-order valence-corrected chi connectivity index (χ2v) is 5.80. The summed E-state index contributed by atoms with van der Waals surface area (Å²) in [6, 6.07) is 0.294. The molecule has 0 aromatic carbocycles. The Morgan fingerprint density at radius 1 is 1.54 bits per heavy atom. The van der Waals surface area contributed by atoms with E-state index in [1.165, 1.54) is 12.8 Å². The molecule has 0 radical (unpaired) electrons. The average Bonchev–Trinajstić information content (AvgIpc) is 2.01. The number of hydrogen-bond acceptors (Lipinski definition) is 3. The van der Waals surface area contributed by atoms with Gasteiger partial charge in [0.25, 0.3) is 9.24 Å². The van der Waals surface area contributed by atoms with Crippen molar-refractivity contribution in [2.24, 2.45) is 0 Å². The molecule has 1 fully saturated rings. The number of piperidine rings is 1. The summed E-state index contributed by atoms with van der Waals surface area (Å²) in [5.41, 5.74) is 0. The highest BCUT2D eigenvalue weighted by Gasteiger charge is 2.19. The number of rotatable bonds is 3. The van der Waals surface area contributed by atoms with Crippen LogP contribution in [0.4, 0.5) is 0 Å². The first kappa shape index (κ1) is 11.2. The zero-order chi connectivity index (χ0) is 9.90. The molecule has 0 aromatic heterocycles. The second kappa shape index (κ2) is 4.59. The van der Waals surface area contributed by atoms with Gasteiger partial charge in [0.1, 0.15) is 0 Å². The van der Waals surface area contributed by atoms with Crippen LogP contribution in [-0.2, 0) is 9.24 Å². The van der Waals surface area contributed by atoms with E-state index in [0.717, 1.165) is 13.0 Å². The van der Waals surface area contributed by atoms with Crippen LogP contribution < -0.4 is 4.72 Å². The highest BCUT2D eigenvalue weighted by molar-refractivity contribution is 8.12. The van der Waals surface area contributed by atoms with Crippen molar-refractivity contribution < 1.29 is 8.42 Å². The number of halogens is 1. The number of likely N-dealkylation sites (N-methyl/N-ethyl adjacent to an activating group) is 1. The number of likely N-dealkylation sites (tertiary alicyclic amines) is 1. The number of nitrogens with zero attached hydrogens (tertiary/aromatic N) is 1. The molecule has 6 heteroatoms. The molecule has 0 aromatic rings. The molecule has 78 valence electrons. The molecule has 1 rings (SSSR count). The Morgan fingerprint density at radius 3 is 2.77 bits per heavy atom. The number of hydrogen-bond donors (Lipinski definition) is 1. The van der Waals surface area contributed by atoms with E-state index >= 15 is 0 Å². The van der Waals surface area contributed by atoms with E-state index in [1.54, 1.807) is 0 Å². The van der Waals surface area contributed by atoms with Gasteiger partial charge >= 0.3 is 0 Å². The largest absolute Gasteiger partial charge is 0.302 e. The Hall–Kier alpha value is 0.160. The predicted octanol–water partition coefficient (Wildman–Crippen LogP) is 0.544. The third-order valence-corrected chi connectivity index (χ3v) is 3.25. The second-order valence-electron chi connectivity index (χ2n) is 3.42. The average molecular weight is 227 g/mol. The molecule has 0 amide bonds. The van der Waals surface area contributed by atoms with E-state index in [2.05, 4.69) is 9.62 Å². The lowest BCUT2D eigenvalue weighted by Gasteiger charge is -2.32. The maximum atomic E-state index is 10.6. The molecule has 1 saturated heterocycles. The van der Waals surface area contributed by atoms with Crippen molar-refractivity contribution >= 4 is 19.9 Å². The Labute approximate surface area is 83.8 Å². The van der Waals surface area contributed by atoms with E-state index in [4.69, 9.17) is 10.7 Å². The smallest absolute Gasteiger partial charge is 0.297 e. The van der Waals surface area contributed by atoms with E-state index in [9.17, 15) is 8.42 Å². The van der Waals surface area contributed by atoms with Gasteiger partial charge in [-0.1, -0.05) is 6.42 Å². The Bertz CT molecular complexity index is 255. The topological polar surface area (TPSA) is 49.4 Å². The first-order valence-electron chi connectivity index (χ1n) is 4.38. The van der Waals surface area contributed by atoms with Crippen molar-refractivity contribution in [3.63, 3.8) is 0 Å². The molecule has 0 spiro atoms. The molecule has 1 atom stereocenters. The van der Waals surface area contributed by atoms with Gasteiger partial charge in [0, 0.05) is 23.3 Å². The van der Waals surface area contributed by atoms with Crippen LogP contribution in [-0.4, -0.2) is 39.5 Å². The summed E-state index contributed by atoms with van der Waals surface area (Å²) in [7, 11) is 3.50. The Kier molecular flexibility index (Phi) is 3.97. The van der Waals surface area contributed by atoms with Crippen molar-refractivity contribution in [2.45, 2.75) is 25.3 Å². The molecular weight excluding hydrogens is 212 g/mol. The van der Waals surface area contributed by atoms with Gasteiger partial charge in [-0.2, -0.15) is 8.42 Å². The zero-order valence-electron chi connectivity index (χ0n) is 7.66. The van der Waals surface area contributed by atoms with Gasteiger partial charge in [0.2, 0.25) is 0 Å². The van der Waals surface area contributed by atoms with Crippen LogP contribution in [0.25, 0.3) is 0 Å². The third-order valence-electron chi connectivity index (χ3n) is 2.41. The van der Waals surface area contributed by atoms with Crippen molar-refractivity contribution in [3.8, 4) is 0 Å². The molecule has 4 nitrogen and oxygen atoms in total. The molecule has 1 heterocycles. The summed E-state index contributed by atoms with van der Waals surface area (Å²) in [5.74, 6) is 0. The normalized spacial score (nSPS) is 26.2. The fraction of sp³-hybridized carbons (Fsp3) is 1.00. The lowest BCUT2D eigenvalue weighted by Crippen LogP contribution is -2.43. The van der Waals surface area contributed by atoms with Gasteiger partial charge in [-0.05, 0) is 26.4 Å². The van der Waals surface area contributed by atoms with Crippen LogP contribution in [0.15, 0.2) is 0 Å². The minimum atomic E-state index is -3.55. The molecule has 0 bridgehead atoms. The monoisotopic (exact) mass is 226 g/mol. The summed E-state index contributed by atoms with van der Waals surface area (Å²) in [4.78, 5) is 2.17. The van der Waals surface area contributed by atoms with Crippen LogP contribution in [0.2, 0.25) is 0 Å². The lowest BCUT2D eigenvalue weighted by atomic mass is 10.0. The van der Waals surface area contributed by atoms with Crippen LogP contribution in [0.5, 0.6) is 0 Å². The molecule has 1 unspecified atom stereocenters. The van der Waals surface area contributed by atoms with Gasteiger partial charge in [-0.15, -0.1) is 0 Å². The summed E-state index contributed by atoms with van der Waals surface area (Å²) in [6.45, 7) is 1.46. The third kappa shape index (κ3) is 4.26. The van der Waals surface area contributed by atoms with Gasteiger partial charge < -0.3 is 4.90 Å². The maximum Gasteiger partial charge on any atom is 0.297 e. The van der Waals surface area contributed by atoms with Crippen molar-refractivity contribution in [1.82, 2.24) is 9.62 Å². The maximum absolute atomic E-state index is 10.6. The fourth-order valence-corrected chi connectivity index (χ4v) is 2.18. The van der Waals surface area contributed by atoms with E-state index in [0.29, 0.717) is 12.6 Å². The quantitative estimate of drug-likeness (QED) is 0.715. The molecular formula is C7H15ClN2O2S. The summed E-state index contributed by atoms with van der Waals surface area (Å²) in [6.07, 6.45) is 3.40. The van der Waals surface area contributed by atoms with Crippen molar-refractivity contribution in [3.05, 3.63) is 0 Å². The van der Waals surface area contributed by atoms with Crippen LogP contribution in [0, 0.1) is 0 Å². The van der Waals surface area contributed by atoms with Gasteiger partial charge in [-0.25, -0.2) is 4.72 Å². The molecule has 1 aliphatic heterocycles. The first-order chi connectivity index (χ1) is 5.99. The SMILES string of the molecule is CN1CCCCC1CNS(=O)(=O)Cl. The Morgan fingerprint density at radius 2 is 2.23 bits per heavy atom. The molecule has 1 aliphatic rings. The van der Waals surface area contributed by atoms with E-state index in [1.807, 2.05) is 7.05 Å². The number of nitrogens with one attached hydrogen (secondary N) is 1. The van der Waals surface area contributed by atoms with Gasteiger partial charge in [-0.3, -0.25) is 0 Å². The summed E-state index contributed by atoms with van der Waals surface area (Å²) < 4.78 is 23.6. The van der Waals surface area contributed by atoms with Crippen LogP contribution in [0.3, 0.4) is 0 Å². The van der Waals surface area contributed by atoms with E-state index in [-0.39, 0.29) is 0 Å². The molecule has 0 saturated carbocycles. The molecule has 0 aliphatic carbocycles. The van der Waals surface area contributed by atoms with E-state index < -0.39 is 9.24 Å². The Balaban J connectivity index is 2.35. The molecule has 1 N–H and O–H groups in total. The lowest BCUT2D eigenvalue weighted by molar-refractivity contribution is 0.187.